The number of esters is 1. The number of methoxy groups -OCH3 is 1. The van der Waals surface area contributed by atoms with Gasteiger partial charge in [-0.05, 0) is 36.4 Å². The number of nitrogens with zero attached hydrogens (tertiary/aromatic N) is 2. The zero-order chi connectivity index (χ0) is 20.9. The molecular weight excluding hydrogens is 388 g/mol. The molecule has 0 saturated carbocycles. The molecular formula is C22H18N2O4S. The fourth-order valence-corrected chi connectivity index (χ4v) is 3.89. The molecule has 146 valence electrons. The number of hydrogen-bond donors (Lipinski definition) is 0. The third kappa shape index (κ3) is 4.45. The van der Waals surface area contributed by atoms with Gasteiger partial charge in [0.2, 0.25) is 0 Å². The second-order valence-electron chi connectivity index (χ2n) is 5.98. The van der Waals surface area contributed by atoms with E-state index in [2.05, 4.69) is 21.6 Å². The number of hydrogen-bond acceptors (Lipinski definition) is 5. The number of ether oxygens (including phenoxy) is 1. The lowest BCUT2D eigenvalue weighted by atomic mass is 10.2. The highest BCUT2D eigenvalue weighted by atomic mass is 32.2. The van der Waals surface area contributed by atoms with Crippen molar-refractivity contribution in [3.8, 4) is 11.8 Å². The topological polar surface area (TPSA) is 76.6 Å². The van der Waals surface area contributed by atoms with Crippen LogP contribution in [-0.2, 0) is 14.8 Å². The first-order valence-electron chi connectivity index (χ1n) is 8.63. The number of sulfonamides is 1. The summed E-state index contributed by atoms with van der Waals surface area (Å²) < 4.78 is 32.1. The molecule has 0 radical (unpaired) electrons. The van der Waals surface area contributed by atoms with Crippen LogP contribution in [0, 0.1) is 11.8 Å². The zero-order valence-corrected chi connectivity index (χ0v) is 16.7. The lowest BCUT2D eigenvalue weighted by molar-refractivity contribution is 0.0594. The van der Waals surface area contributed by atoms with Gasteiger partial charge >= 0.3 is 5.97 Å². The molecule has 0 spiro atoms. The Morgan fingerprint density at radius 1 is 0.966 bits per heavy atom. The fourth-order valence-electron chi connectivity index (χ4n) is 2.55. The zero-order valence-electron chi connectivity index (χ0n) is 15.9. The Labute approximate surface area is 169 Å². The van der Waals surface area contributed by atoms with Crippen molar-refractivity contribution >= 4 is 21.7 Å². The minimum atomic E-state index is -3.79. The van der Waals surface area contributed by atoms with Gasteiger partial charge in [0.05, 0.1) is 12.8 Å². The molecule has 1 aromatic heterocycles. The van der Waals surface area contributed by atoms with Gasteiger partial charge in [-0.25, -0.2) is 18.2 Å². The minimum Gasteiger partial charge on any atom is -0.464 e. The monoisotopic (exact) mass is 406 g/mol. The van der Waals surface area contributed by atoms with Crippen molar-refractivity contribution < 1.29 is 17.9 Å². The Bertz CT molecular complexity index is 1180. The van der Waals surface area contributed by atoms with Gasteiger partial charge in [0.1, 0.15) is 10.6 Å². The molecule has 0 unspecified atom stereocenters. The minimum absolute atomic E-state index is 0.109. The van der Waals surface area contributed by atoms with E-state index in [0.29, 0.717) is 16.8 Å². The van der Waals surface area contributed by atoms with E-state index in [-0.39, 0.29) is 10.6 Å². The molecule has 2 aromatic carbocycles. The third-order valence-corrected chi connectivity index (χ3v) is 5.99. The van der Waals surface area contributed by atoms with Gasteiger partial charge in [-0.1, -0.05) is 42.2 Å². The average molecular weight is 406 g/mol. The Balaban J connectivity index is 1.94. The number of benzene rings is 2. The van der Waals surface area contributed by atoms with Gasteiger partial charge in [0, 0.05) is 24.4 Å². The van der Waals surface area contributed by atoms with Crippen LogP contribution in [-0.4, -0.2) is 33.5 Å². The maximum absolute atomic E-state index is 13.1. The summed E-state index contributed by atoms with van der Waals surface area (Å²) in [6.07, 6.45) is 1.44. The Hall–Kier alpha value is -3.63. The molecule has 7 heteroatoms. The van der Waals surface area contributed by atoms with E-state index >= 15 is 0 Å². The van der Waals surface area contributed by atoms with Crippen LogP contribution in [0.3, 0.4) is 0 Å². The van der Waals surface area contributed by atoms with E-state index in [4.69, 9.17) is 0 Å². The van der Waals surface area contributed by atoms with Gasteiger partial charge in [-0.3, -0.25) is 4.31 Å². The smallest absolute Gasteiger partial charge is 0.356 e. The van der Waals surface area contributed by atoms with Crippen LogP contribution >= 0.6 is 0 Å². The number of carbonyl (C=O) groups excluding carboxylic acids is 1. The Morgan fingerprint density at radius 3 is 2.31 bits per heavy atom. The number of pyridine rings is 1. The maximum Gasteiger partial charge on any atom is 0.356 e. The molecule has 0 aliphatic carbocycles. The third-order valence-electron chi connectivity index (χ3n) is 4.14. The van der Waals surface area contributed by atoms with E-state index in [9.17, 15) is 13.2 Å². The summed E-state index contributed by atoms with van der Waals surface area (Å²) in [5.41, 5.74) is 1.64. The lowest BCUT2D eigenvalue weighted by Gasteiger charge is -2.20. The van der Waals surface area contributed by atoms with Gasteiger partial charge < -0.3 is 4.74 Å². The highest BCUT2D eigenvalue weighted by Gasteiger charge is 2.23. The summed E-state index contributed by atoms with van der Waals surface area (Å²) in [6, 6.07) is 18.5. The van der Waals surface area contributed by atoms with Gasteiger partial charge in [0.15, 0.2) is 0 Å². The summed E-state index contributed by atoms with van der Waals surface area (Å²) in [6.45, 7) is 0. The largest absolute Gasteiger partial charge is 0.464 e. The summed E-state index contributed by atoms with van der Waals surface area (Å²) in [7, 11) is -1.01. The first-order chi connectivity index (χ1) is 13.9. The number of para-hydroxylation sites is 1. The predicted molar refractivity (Wildman–Crippen MR) is 110 cm³/mol. The number of anilines is 1. The number of carbonyl (C=O) groups is 1. The first kappa shape index (κ1) is 20.1. The van der Waals surface area contributed by atoms with E-state index in [1.165, 1.54) is 36.8 Å². The van der Waals surface area contributed by atoms with Crippen LogP contribution in [0.5, 0.6) is 0 Å². The molecule has 6 nitrogen and oxygen atoms in total. The van der Waals surface area contributed by atoms with Crippen molar-refractivity contribution in [3.63, 3.8) is 0 Å². The van der Waals surface area contributed by atoms with Crippen LogP contribution in [0.15, 0.2) is 77.8 Å². The van der Waals surface area contributed by atoms with Crippen LogP contribution < -0.4 is 4.31 Å². The lowest BCUT2D eigenvalue weighted by Crippen LogP contribution is -2.27. The summed E-state index contributed by atoms with van der Waals surface area (Å²) in [5, 5.41) is 0. The highest BCUT2D eigenvalue weighted by Crippen LogP contribution is 2.24. The normalized spacial score (nSPS) is 10.6. The van der Waals surface area contributed by atoms with Crippen molar-refractivity contribution in [1.82, 2.24) is 4.98 Å². The molecule has 0 fully saturated rings. The predicted octanol–water partition coefficient (Wildman–Crippen LogP) is 3.09. The molecule has 1 heterocycles. The van der Waals surface area contributed by atoms with Crippen molar-refractivity contribution in [1.29, 1.82) is 0 Å². The SMILES string of the molecule is COC(=O)c1ccc(C#Cc2ccccc2S(=O)(=O)N(C)c2ccccc2)cn1. The highest BCUT2D eigenvalue weighted by molar-refractivity contribution is 7.92. The van der Waals surface area contributed by atoms with E-state index in [1.54, 1.807) is 48.5 Å². The second kappa shape index (κ2) is 8.59. The molecule has 0 aliphatic rings. The van der Waals surface area contributed by atoms with Crippen molar-refractivity contribution in [3.05, 3.63) is 89.7 Å². The molecule has 0 aliphatic heterocycles. The van der Waals surface area contributed by atoms with Crippen LogP contribution in [0.1, 0.15) is 21.6 Å². The van der Waals surface area contributed by atoms with E-state index in [0.717, 1.165) is 0 Å². The van der Waals surface area contributed by atoms with Gasteiger partial charge in [0.25, 0.3) is 10.0 Å². The summed E-state index contributed by atoms with van der Waals surface area (Å²) >= 11 is 0. The summed E-state index contributed by atoms with van der Waals surface area (Å²) in [5.74, 6) is 5.24. The fraction of sp³-hybridized carbons (Fsp3) is 0.0909. The molecule has 0 saturated heterocycles. The molecule has 3 aromatic rings. The second-order valence-corrected chi connectivity index (χ2v) is 7.92. The molecule has 3 rings (SSSR count). The molecule has 0 amide bonds. The van der Waals surface area contributed by atoms with Crippen LogP contribution in [0.25, 0.3) is 0 Å². The standard InChI is InChI=1S/C22H18N2O4S/c1-24(19-9-4-3-5-10-19)29(26,27)21-11-7-6-8-18(21)14-12-17-13-15-20(23-16-17)22(25)28-2/h3-11,13,15-16H,1-2H3. The van der Waals surface area contributed by atoms with E-state index in [1.807, 2.05) is 6.07 Å². The Kier molecular flexibility index (Phi) is 5.96. The van der Waals surface area contributed by atoms with Crippen LogP contribution in [0.2, 0.25) is 0 Å². The molecule has 0 atom stereocenters. The Morgan fingerprint density at radius 2 is 1.66 bits per heavy atom. The van der Waals surface area contributed by atoms with Crippen molar-refractivity contribution in [2.45, 2.75) is 4.90 Å². The number of rotatable bonds is 4. The number of aromatic nitrogens is 1. The molecule has 0 bridgehead atoms. The van der Waals surface area contributed by atoms with Gasteiger partial charge in [-0.15, -0.1) is 0 Å². The quantitative estimate of drug-likeness (QED) is 0.492. The first-order valence-corrected chi connectivity index (χ1v) is 10.1. The average Bonchev–Trinajstić information content (AvgIpc) is 2.77. The van der Waals surface area contributed by atoms with Crippen molar-refractivity contribution in [2.75, 3.05) is 18.5 Å². The molecule has 29 heavy (non-hydrogen) atoms. The molecule has 0 N–H and O–H groups in total. The van der Waals surface area contributed by atoms with Crippen molar-refractivity contribution in [2.24, 2.45) is 0 Å². The summed E-state index contributed by atoms with van der Waals surface area (Å²) in [4.78, 5) is 15.6. The van der Waals surface area contributed by atoms with Crippen LogP contribution in [0.4, 0.5) is 5.69 Å². The van der Waals surface area contributed by atoms with Gasteiger partial charge in [-0.2, -0.15) is 0 Å². The maximum atomic E-state index is 13.1. The van der Waals surface area contributed by atoms with E-state index < -0.39 is 16.0 Å².